The monoisotopic (exact) mass is 243 g/mol. The van der Waals surface area contributed by atoms with Gasteiger partial charge in [0.1, 0.15) is 0 Å². The van der Waals surface area contributed by atoms with E-state index in [9.17, 15) is 0 Å². The highest BCUT2D eigenvalue weighted by molar-refractivity contribution is 6.42. The standard InChI is InChI=1S/C12H15Cl2N/c1-2-8-6-12(15,7-8)9-3-4-10(13)11(14)5-9/h3-5,8H,2,6-7,15H2,1H3. The van der Waals surface area contributed by atoms with Crippen LogP contribution in [0.15, 0.2) is 18.2 Å². The molecule has 2 rings (SSSR count). The summed E-state index contributed by atoms with van der Waals surface area (Å²) in [4.78, 5) is 0. The van der Waals surface area contributed by atoms with Crippen molar-refractivity contribution in [3.8, 4) is 0 Å². The molecule has 1 aromatic rings. The Morgan fingerprint density at radius 2 is 2.00 bits per heavy atom. The van der Waals surface area contributed by atoms with Gasteiger partial charge in [0.05, 0.1) is 10.0 Å². The lowest BCUT2D eigenvalue weighted by molar-refractivity contribution is 0.143. The molecule has 1 saturated carbocycles. The van der Waals surface area contributed by atoms with E-state index in [1.54, 1.807) is 0 Å². The molecule has 1 aromatic carbocycles. The first-order valence-electron chi connectivity index (χ1n) is 5.29. The fraction of sp³-hybridized carbons (Fsp3) is 0.500. The van der Waals surface area contributed by atoms with Crippen molar-refractivity contribution in [1.82, 2.24) is 0 Å². The summed E-state index contributed by atoms with van der Waals surface area (Å²) in [6.45, 7) is 2.21. The van der Waals surface area contributed by atoms with Gasteiger partial charge >= 0.3 is 0 Å². The van der Waals surface area contributed by atoms with Crippen molar-refractivity contribution in [2.24, 2.45) is 11.7 Å². The van der Waals surface area contributed by atoms with E-state index < -0.39 is 0 Å². The molecule has 0 heterocycles. The van der Waals surface area contributed by atoms with Crippen LogP contribution in [0.3, 0.4) is 0 Å². The fourth-order valence-corrected chi connectivity index (χ4v) is 2.60. The van der Waals surface area contributed by atoms with E-state index in [1.807, 2.05) is 18.2 Å². The van der Waals surface area contributed by atoms with Crippen LogP contribution in [0.1, 0.15) is 31.7 Å². The molecule has 0 aromatic heterocycles. The molecule has 0 unspecified atom stereocenters. The van der Waals surface area contributed by atoms with Crippen molar-refractivity contribution in [2.75, 3.05) is 0 Å². The Bertz CT molecular complexity index is 370. The first-order chi connectivity index (χ1) is 7.05. The van der Waals surface area contributed by atoms with E-state index in [1.165, 1.54) is 6.42 Å². The lowest BCUT2D eigenvalue weighted by Gasteiger charge is -2.45. The van der Waals surface area contributed by atoms with Crippen LogP contribution in [0.2, 0.25) is 10.0 Å². The van der Waals surface area contributed by atoms with E-state index in [-0.39, 0.29) is 5.54 Å². The molecule has 1 aliphatic carbocycles. The Kier molecular flexibility index (Phi) is 2.98. The SMILES string of the molecule is CCC1CC(N)(c2ccc(Cl)c(Cl)c2)C1. The molecule has 82 valence electrons. The summed E-state index contributed by atoms with van der Waals surface area (Å²) in [6.07, 6.45) is 3.32. The maximum absolute atomic E-state index is 6.31. The van der Waals surface area contributed by atoms with Gasteiger partial charge in [-0.3, -0.25) is 0 Å². The topological polar surface area (TPSA) is 26.0 Å². The molecule has 0 spiro atoms. The second kappa shape index (κ2) is 3.97. The van der Waals surface area contributed by atoms with E-state index in [0.717, 1.165) is 24.3 Å². The summed E-state index contributed by atoms with van der Waals surface area (Å²) < 4.78 is 0. The number of benzene rings is 1. The zero-order valence-corrected chi connectivity index (χ0v) is 10.3. The summed E-state index contributed by atoms with van der Waals surface area (Å²) in [5, 5.41) is 1.19. The zero-order chi connectivity index (χ0) is 11.1. The van der Waals surface area contributed by atoms with Crippen molar-refractivity contribution in [3.05, 3.63) is 33.8 Å². The number of rotatable bonds is 2. The highest BCUT2D eigenvalue weighted by Gasteiger charge is 2.41. The summed E-state index contributed by atoms with van der Waals surface area (Å²) in [7, 11) is 0. The summed E-state index contributed by atoms with van der Waals surface area (Å²) >= 11 is 11.9. The van der Waals surface area contributed by atoms with Crippen molar-refractivity contribution in [1.29, 1.82) is 0 Å². The molecule has 0 aliphatic heterocycles. The quantitative estimate of drug-likeness (QED) is 0.836. The lowest BCUT2D eigenvalue weighted by Crippen LogP contribution is -2.48. The maximum Gasteiger partial charge on any atom is 0.0595 e. The van der Waals surface area contributed by atoms with Gasteiger partial charge in [-0.05, 0) is 36.5 Å². The summed E-state index contributed by atoms with van der Waals surface area (Å²) in [6, 6.07) is 5.71. The van der Waals surface area contributed by atoms with Crippen LogP contribution in [0.4, 0.5) is 0 Å². The number of nitrogens with two attached hydrogens (primary N) is 1. The molecule has 2 N–H and O–H groups in total. The summed E-state index contributed by atoms with van der Waals surface area (Å²) in [5.41, 5.74) is 7.25. The minimum Gasteiger partial charge on any atom is -0.321 e. The van der Waals surface area contributed by atoms with Gasteiger partial charge in [0.2, 0.25) is 0 Å². The van der Waals surface area contributed by atoms with Gasteiger partial charge in [-0.2, -0.15) is 0 Å². The van der Waals surface area contributed by atoms with E-state index in [0.29, 0.717) is 10.0 Å². The predicted molar refractivity (Wildman–Crippen MR) is 65.3 cm³/mol. The van der Waals surface area contributed by atoms with Crippen LogP contribution >= 0.6 is 23.2 Å². The molecule has 1 nitrogen and oxygen atoms in total. The molecule has 1 aliphatic rings. The smallest absolute Gasteiger partial charge is 0.0595 e. The number of hydrogen-bond donors (Lipinski definition) is 1. The highest BCUT2D eigenvalue weighted by atomic mass is 35.5. The first-order valence-corrected chi connectivity index (χ1v) is 6.05. The molecule has 3 heteroatoms. The molecule has 0 radical (unpaired) electrons. The van der Waals surface area contributed by atoms with Crippen LogP contribution in [-0.2, 0) is 5.54 Å². The molecule has 1 fully saturated rings. The maximum atomic E-state index is 6.31. The van der Waals surface area contributed by atoms with Crippen molar-refractivity contribution >= 4 is 23.2 Å². The Balaban J connectivity index is 2.20. The van der Waals surface area contributed by atoms with Crippen LogP contribution < -0.4 is 5.73 Å². The molecular formula is C12H15Cl2N. The van der Waals surface area contributed by atoms with Crippen LogP contribution in [0.25, 0.3) is 0 Å². The Labute approximate surface area is 101 Å². The largest absolute Gasteiger partial charge is 0.321 e. The third kappa shape index (κ3) is 2.01. The van der Waals surface area contributed by atoms with Crippen molar-refractivity contribution in [2.45, 2.75) is 31.7 Å². The zero-order valence-electron chi connectivity index (χ0n) is 8.76. The van der Waals surface area contributed by atoms with Gasteiger partial charge < -0.3 is 5.73 Å². The summed E-state index contributed by atoms with van der Waals surface area (Å²) in [5.74, 6) is 0.768. The minimum absolute atomic E-state index is 0.172. The van der Waals surface area contributed by atoms with Gasteiger partial charge in [0, 0.05) is 5.54 Å². The normalized spacial score (nSPS) is 30.0. The molecular weight excluding hydrogens is 229 g/mol. The first kappa shape index (κ1) is 11.3. The Morgan fingerprint density at radius 3 is 2.53 bits per heavy atom. The van der Waals surface area contributed by atoms with Crippen LogP contribution in [-0.4, -0.2) is 0 Å². The van der Waals surface area contributed by atoms with Crippen LogP contribution in [0.5, 0.6) is 0 Å². The van der Waals surface area contributed by atoms with Crippen molar-refractivity contribution < 1.29 is 0 Å². The van der Waals surface area contributed by atoms with E-state index in [4.69, 9.17) is 28.9 Å². The number of halogens is 2. The predicted octanol–water partition coefficient (Wildman–Crippen LogP) is 3.97. The van der Waals surface area contributed by atoms with Gasteiger partial charge in [-0.25, -0.2) is 0 Å². The third-order valence-electron chi connectivity index (χ3n) is 3.38. The van der Waals surface area contributed by atoms with Gasteiger partial charge in [0.15, 0.2) is 0 Å². The number of hydrogen-bond acceptors (Lipinski definition) is 1. The molecule has 0 saturated heterocycles. The minimum atomic E-state index is -0.172. The van der Waals surface area contributed by atoms with Crippen LogP contribution in [0, 0.1) is 5.92 Å². The third-order valence-corrected chi connectivity index (χ3v) is 4.12. The molecule has 0 bridgehead atoms. The average molecular weight is 244 g/mol. The molecule has 15 heavy (non-hydrogen) atoms. The van der Waals surface area contributed by atoms with Gasteiger partial charge in [-0.15, -0.1) is 0 Å². The lowest BCUT2D eigenvalue weighted by atomic mass is 9.64. The van der Waals surface area contributed by atoms with Crippen molar-refractivity contribution in [3.63, 3.8) is 0 Å². The fourth-order valence-electron chi connectivity index (χ4n) is 2.30. The van der Waals surface area contributed by atoms with Gasteiger partial charge in [0.25, 0.3) is 0 Å². The average Bonchev–Trinajstić information content (AvgIpc) is 2.17. The Hall–Kier alpha value is -0.240. The highest BCUT2D eigenvalue weighted by Crippen LogP contribution is 2.45. The second-order valence-corrected chi connectivity index (χ2v) is 5.28. The van der Waals surface area contributed by atoms with E-state index in [2.05, 4.69) is 6.92 Å². The Morgan fingerprint density at radius 1 is 1.33 bits per heavy atom. The van der Waals surface area contributed by atoms with E-state index >= 15 is 0 Å². The second-order valence-electron chi connectivity index (χ2n) is 4.47. The van der Waals surface area contributed by atoms with Gasteiger partial charge in [-0.1, -0.05) is 42.6 Å². The molecule has 0 atom stereocenters. The molecule has 0 amide bonds.